The van der Waals surface area contributed by atoms with Gasteiger partial charge in [-0.05, 0) is 12.6 Å². The van der Waals surface area contributed by atoms with Gasteiger partial charge in [0.25, 0.3) is 0 Å². The van der Waals surface area contributed by atoms with Crippen molar-refractivity contribution in [2.45, 2.75) is 19.9 Å². The zero-order valence-electron chi connectivity index (χ0n) is 13.2. The van der Waals surface area contributed by atoms with E-state index < -0.39 is 0 Å². The van der Waals surface area contributed by atoms with Gasteiger partial charge >= 0.3 is 0 Å². The van der Waals surface area contributed by atoms with Crippen molar-refractivity contribution in [3.05, 3.63) is 16.8 Å². The molecule has 0 spiro atoms. The van der Waals surface area contributed by atoms with Crippen molar-refractivity contribution < 1.29 is 0 Å². The maximum atomic E-state index is 6.15. The SMILES string of the molecule is CCNCc1nc2c(N)nc3cc(C4=NNCC4)sc3c2n1C. The minimum atomic E-state index is 0.488. The van der Waals surface area contributed by atoms with Crippen LogP contribution in [0, 0.1) is 0 Å². The Labute approximate surface area is 137 Å². The van der Waals surface area contributed by atoms with Crippen molar-refractivity contribution in [1.29, 1.82) is 0 Å². The highest BCUT2D eigenvalue weighted by molar-refractivity contribution is 7.21. The van der Waals surface area contributed by atoms with Gasteiger partial charge in [-0.1, -0.05) is 6.92 Å². The molecule has 0 saturated carbocycles. The van der Waals surface area contributed by atoms with E-state index >= 15 is 0 Å². The number of anilines is 1. The summed E-state index contributed by atoms with van der Waals surface area (Å²) in [5.74, 6) is 1.46. The fourth-order valence-corrected chi connectivity index (χ4v) is 4.09. The minimum absolute atomic E-state index is 0.488. The number of imidazole rings is 1. The van der Waals surface area contributed by atoms with Gasteiger partial charge in [0.15, 0.2) is 5.82 Å². The molecule has 0 unspecified atom stereocenters. The van der Waals surface area contributed by atoms with Crippen molar-refractivity contribution in [1.82, 2.24) is 25.3 Å². The number of pyridine rings is 1. The second-order valence-corrected chi connectivity index (χ2v) is 6.66. The summed E-state index contributed by atoms with van der Waals surface area (Å²) < 4.78 is 3.24. The Morgan fingerprint density at radius 1 is 1.43 bits per heavy atom. The predicted molar refractivity (Wildman–Crippen MR) is 94.8 cm³/mol. The zero-order valence-corrected chi connectivity index (χ0v) is 14.0. The van der Waals surface area contributed by atoms with Crippen LogP contribution < -0.4 is 16.5 Å². The first-order valence-corrected chi connectivity index (χ1v) is 8.55. The largest absolute Gasteiger partial charge is 0.382 e. The topological polar surface area (TPSA) is 93.2 Å². The Morgan fingerprint density at radius 2 is 2.30 bits per heavy atom. The van der Waals surface area contributed by atoms with Gasteiger partial charge in [-0.15, -0.1) is 11.3 Å². The van der Waals surface area contributed by atoms with E-state index in [0.29, 0.717) is 5.82 Å². The summed E-state index contributed by atoms with van der Waals surface area (Å²) in [6.45, 7) is 4.60. The number of hydrazone groups is 1. The first-order chi connectivity index (χ1) is 11.2. The van der Waals surface area contributed by atoms with E-state index in [1.165, 1.54) is 0 Å². The first kappa shape index (κ1) is 14.4. The quantitative estimate of drug-likeness (QED) is 0.675. The molecule has 0 saturated heterocycles. The maximum Gasteiger partial charge on any atom is 0.152 e. The standard InChI is InChI=1S/C15H19N7S/c1-3-17-7-11-20-12-13(22(11)2)14-9(19-15(12)16)6-10(23-14)8-4-5-18-21-8/h6,17-18H,3-5,7H2,1-2H3,(H2,16,19). The third-order valence-electron chi connectivity index (χ3n) is 4.10. The molecule has 0 aromatic carbocycles. The molecule has 0 fully saturated rings. The molecule has 3 aromatic heterocycles. The molecule has 120 valence electrons. The predicted octanol–water partition coefficient (Wildman–Crippen LogP) is 1.57. The molecule has 0 amide bonds. The van der Waals surface area contributed by atoms with E-state index in [4.69, 9.17) is 5.73 Å². The van der Waals surface area contributed by atoms with Crippen LogP contribution in [0.15, 0.2) is 11.2 Å². The van der Waals surface area contributed by atoms with Crippen LogP contribution in [0.25, 0.3) is 21.3 Å². The Bertz CT molecular complexity index is 921. The van der Waals surface area contributed by atoms with Gasteiger partial charge in [0.05, 0.1) is 32.9 Å². The van der Waals surface area contributed by atoms with Crippen molar-refractivity contribution in [3.63, 3.8) is 0 Å². The molecule has 1 aliphatic rings. The van der Waals surface area contributed by atoms with Crippen LogP contribution in [0.4, 0.5) is 5.82 Å². The van der Waals surface area contributed by atoms with Gasteiger partial charge in [0.1, 0.15) is 11.3 Å². The van der Waals surface area contributed by atoms with Crippen LogP contribution >= 0.6 is 11.3 Å². The van der Waals surface area contributed by atoms with E-state index in [2.05, 4.69) is 43.4 Å². The van der Waals surface area contributed by atoms with Crippen molar-refractivity contribution in [2.24, 2.45) is 12.1 Å². The summed E-state index contributed by atoms with van der Waals surface area (Å²) in [4.78, 5) is 10.4. The second kappa shape index (κ2) is 5.47. The summed E-state index contributed by atoms with van der Waals surface area (Å²) in [6.07, 6.45) is 0.947. The van der Waals surface area contributed by atoms with Gasteiger partial charge in [-0.25, -0.2) is 9.97 Å². The maximum absolute atomic E-state index is 6.15. The Balaban J connectivity index is 1.93. The van der Waals surface area contributed by atoms with Gasteiger partial charge in [0, 0.05) is 20.0 Å². The molecule has 4 N–H and O–H groups in total. The highest BCUT2D eigenvalue weighted by Gasteiger charge is 2.19. The lowest BCUT2D eigenvalue weighted by Gasteiger charge is -2.03. The van der Waals surface area contributed by atoms with Crippen LogP contribution in [0.2, 0.25) is 0 Å². The lowest BCUT2D eigenvalue weighted by molar-refractivity contribution is 0.667. The van der Waals surface area contributed by atoms with Crippen molar-refractivity contribution in [2.75, 3.05) is 18.8 Å². The molecule has 0 radical (unpaired) electrons. The lowest BCUT2D eigenvalue weighted by atomic mass is 10.2. The molecule has 7 nitrogen and oxygen atoms in total. The highest BCUT2D eigenvalue weighted by Crippen LogP contribution is 2.34. The molecule has 3 aromatic rings. The third-order valence-corrected chi connectivity index (χ3v) is 5.28. The zero-order chi connectivity index (χ0) is 16.0. The number of hydrogen-bond donors (Lipinski definition) is 3. The van der Waals surface area contributed by atoms with E-state index in [-0.39, 0.29) is 0 Å². The number of fused-ring (bicyclic) bond motifs is 3. The lowest BCUT2D eigenvalue weighted by Crippen LogP contribution is -2.15. The summed E-state index contributed by atoms with van der Waals surface area (Å²) in [5, 5.41) is 7.67. The number of nitrogen functional groups attached to an aromatic ring is 1. The highest BCUT2D eigenvalue weighted by atomic mass is 32.1. The average Bonchev–Trinajstić information content (AvgIpc) is 3.24. The number of nitrogens with zero attached hydrogens (tertiary/aromatic N) is 4. The molecule has 23 heavy (non-hydrogen) atoms. The van der Waals surface area contributed by atoms with E-state index in [1.807, 2.05) is 7.05 Å². The molecule has 0 aliphatic carbocycles. The third kappa shape index (κ3) is 2.25. The fourth-order valence-electron chi connectivity index (χ4n) is 2.90. The van der Waals surface area contributed by atoms with Gasteiger partial charge < -0.3 is 21.0 Å². The Kier molecular flexibility index (Phi) is 3.42. The number of rotatable bonds is 4. The number of hydrogen-bond acceptors (Lipinski definition) is 7. The molecule has 0 bridgehead atoms. The summed E-state index contributed by atoms with van der Waals surface area (Å²) in [7, 11) is 2.04. The number of nitrogens with one attached hydrogen (secondary N) is 2. The Hall–Kier alpha value is -2.19. The molecule has 0 atom stereocenters. The van der Waals surface area contributed by atoms with Crippen LogP contribution in [0.5, 0.6) is 0 Å². The first-order valence-electron chi connectivity index (χ1n) is 7.74. The van der Waals surface area contributed by atoms with Crippen LogP contribution in [0.1, 0.15) is 24.0 Å². The second-order valence-electron chi connectivity index (χ2n) is 5.60. The van der Waals surface area contributed by atoms with Gasteiger partial charge in [-0.3, -0.25) is 0 Å². The van der Waals surface area contributed by atoms with E-state index in [0.717, 1.165) is 63.7 Å². The number of nitrogens with two attached hydrogens (primary N) is 1. The van der Waals surface area contributed by atoms with Crippen molar-refractivity contribution >= 4 is 44.1 Å². The molecular formula is C15H19N7S. The average molecular weight is 329 g/mol. The summed E-state index contributed by atoms with van der Waals surface area (Å²) in [6, 6.07) is 2.08. The van der Waals surface area contributed by atoms with Crippen LogP contribution in [-0.2, 0) is 13.6 Å². The summed E-state index contributed by atoms with van der Waals surface area (Å²) >= 11 is 1.71. The molecule has 4 rings (SSSR count). The fraction of sp³-hybridized carbons (Fsp3) is 0.400. The van der Waals surface area contributed by atoms with E-state index in [1.54, 1.807) is 11.3 Å². The van der Waals surface area contributed by atoms with E-state index in [9.17, 15) is 0 Å². The Morgan fingerprint density at radius 3 is 3.04 bits per heavy atom. The number of aromatic nitrogens is 3. The number of aryl methyl sites for hydroxylation is 1. The normalized spacial score (nSPS) is 14.6. The monoisotopic (exact) mass is 329 g/mol. The molecule has 8 heteroatoms. The van der Waals surface area contributed by atoms with Gasteiger partial charge in [0.2, 0.25) is 0 Å². The van der Waals surface area contributed by atoms with Gasteiger partial charge in [-0.2, -0.15) is 5.10 Å². The van der Waals surface area contributed by atoms with Crippen molar-refractivity contribution in [3.8, 4) is 0 Å². The molecule has 1 aliphatic heterocycles. The smallest absolute Gasteiger partial charge is 0.152 e. The minimum Gasteiger partial charge on any atom is -0.382 e. The van der Waals surface area contributed by atoms with Crippen LogP contribution in [0.3, 0.4) is 0 Å². The number of thiophene rings is 1. The molecular weight excluding hydrogens is 310 g/mol. The van der Waals surface area contributed by atoms with Crippen LogP contribution in [-0.4, -0.2) is 33.3 Å². The summed E-state index contributed by atoms with van der Waals surface area (Å²) in [5.41, 5.74) is 13.0. The molecule has 4 heterocycles.